The summed E-state index contributed by atoms with van der Waals surface area (Å²) in [7, 11) is 0. The van der Waals surface area contributed by atoms with E-state index in [1.54, 1.807) is 12.5 Å². The number of fused-ring (bicyclic) bond motifs is 1. The highest BCUT2D eigenvalue weighted by Gasteiger charge is 2.20. The van der Waals surface area contributed by atoms with E-state index in [0.717, 1.165) is 34.5 Å². The molecule has 5 rings (SSSR count). The van der Waals surface area contributed by atoms with Crippen LogP contribution in [0.4, 0.5) is 0 Å². The number of imidazole rings is 2. The minimum atomic E-state index is -0.275. The second-order valence-corrected chi connectivity index (χ2v) is 7.79. The minimum absolute atomic E-state index is 0.124. The molecule has 0 saturated heterocycles. The smallest absolute Gasteiger partial charge is 0.251 e. The Kier molecular flexibility index (Phi) is 5.49. The van der Waals surface area contributed by atoms with Gasteiger partial charge in [-0.15, -0.1) is 0 Å². The van der Waals surface area contributed by atoms with Crippen molar-refractivity contribution in [1.82, 2.24) is 24.8 Å². The molecular weight excluding hydrogens is 398 g/mol. The molecule has 0 bridgehead atoms. The zero-order valence-corrected chi connectivity index (χ0v) is 17.5. The minimum Gasteiger partial charge on any atom is -0.342 e. The highest BCUT2D eigenvalue weighted by atomic mass is 16.1. The summed E-state index contributed by atoms with van der Waals surface area (Å²) in [5, 5.41) is 3.18. The Hall–Kier alpha value is -4.19. The maximum atomic E-state index is 13.1. The molecule has 158 valence electrons. The maximum absolute atomic E-state index is 13.1. The lowest BCUT2D eigenvalue weighted by Gasteiger charge is -2.17. The van der Waals surface area contributed by atoms with Crippen LogP contribution in [-0.2, 0) is 13.0 Å². The van der Waals surface area contributed by atoms with E-state index in [1.165, 1.54) is 0 Å². The molecule has 6 nitrogen and oxygen atoms in total. The summed E-state index contributed by atoms with van der Waals surface area (Å²) in [6.07, 6.45) is 6.10. The Balaban J connectivity index is 1.37. The summed E-state index contributed by atoms with van der Waals surface area (Å²) in [5.74, 6) is 0.626. The Morgan fingerprint density at radius 3 is 2.47 bits per heavy atom. The fourth-order valence-electron chi connectivity index (χ4n) is 3.80. The van der Waals surface area contributed by atoms with E-state index in [0.29, 0.717) is 12.0 Å². The molecule has 5 aromatic rings. The fourth-order valence-corrected chi connectivity index (χ4v) is 3.80. The van der Waals surface area contributed by atoms with Crippen molar-refractivity contribution in [3.63, 3.8) is 0 Å². The number of hydrogen-bond donors (Lipinski definition) is 2. The highest BCUT2D eigenvalue weighted by molar-refractivity contribution is 5.94. The molecule has 1 amide bonds. The number of carbonyl (C=O) groups is 1. The second-order valence-electron chi connectivity index (χ2n) is 7.79. The normalized spacial score (nSPS) is 12.0. The summed E-state index contributed by atoms with van der Waals surface area (Å²) in [4.78, 5) is 25.3. The van der Waals surface area contributed by atoms with Gasteiger partial charge in [0.25, 0.3) is 5.91 Å². The van der Waals surface area contributed by atoms with Crippen molar-refractivity contribution >= 4 is 16.9 Å². The monoisotopic (exact) mass is 421 g/mol. The summed E-state index contributed by atoms with van der Waals surface area (Å²) < 4.78 is 1.99. The van der Waals surface area contributed by atoms with Crippen molar-refractivity contribution in [2.75, 3.05) is 0 Å². The summed E-state index contributed by atoms with van der Waals surface area (Å²) in [6, 6.07) is 25.4. The SMILES string of the molecule is O=C(N[C@@H](Cc1ccccc1)c1nc2ccccc2[nH]1)c1ccc(Cn2ccnc2)cc1. The highest BCUT2D eigenvalue weighted by Crippen LogP contribution is 2.20. The van der Waals surface area contributed by atoms with E-state index in [2.05, 4.69) is 27.4 Å². The molecule has 2 heterocycles. The molecule has 6 heteroatoms. The van der Waals surface area contributed by atoms with Crippen LogP contribution >= 0.6 is 0 Å². The summed E-state index contributed by atoms with van der Waals surface area (Å²) >= 11 is 0. The summed E-state index contributed by atoms with van der Waals surface area (Å²) in [5.41, 5.74) is 4.71. The molecule has 3 aromatic carbocycles. The molecule has 1 atom stereocenters. The molecule has 32 heavy (non-hydrogen) atoms. The zero-order chi connectivity index (χ0) is 21.8. The second kappa shape index (κ2) is 8.89. The fraction of sp³-hybridized carbons (Fsp3) is 0.115. The number of nitrogens with one attached hydrogen (secondary N) is 2. The van der Waals surface area contributed by atoms with Crippen LogP contribution in [0.25, 0.3) is 11.0 Å². The van der Waals surface area contributed by atoms with Gasteiger partial charge in [0.15, 0.2) is 0 Å². The van der Waals surface area contributed by atoms with E-state index >= 15 is 0 Å². The molecule has 0 aliphatic rings. The molecule has 0 spiro atoms. The first-order chi connectivity index (χ1) is 15.7. The van der Waals surface area contributed by atoms with Crippen LogP contribution in [0.3, 0.4) is 0 Å². The van der Waals surface area contributed by atoms with Gasteiger partial charge in [-0.05, 0) is 41.8 Å². The zero-order valence-electron chi connectivity index (χ0n) is 17.5. The van der Waals surface area contributed by atoms with E-state index in [1.807, 2.05) is 77.5 Å². The number of nitrogens with zero attached hydrogens (tertiary/aromatic N) is 3. The number of hydrogen-bond acceptors (Lipinski definition) is 3. The molecule has 0 radical (unpaired) electrons. The Bertz CT molecular complexity index is 1270. The van der Waals surface area contributed by atoms with Gasteiger partial charge in [0, 0.05) is 24.5 Å². The molecule has 0 aliphatic heterocycles. The van der Waals surface area contributed by atoms with Crippen molar-refractivity contribution in [2.45, 2.75) is 19.0 Å². The molecule has 0 aliphatic carbocycles. The number of aromatic nitrogens is 4. The van der Waals surface area contributed by atoms with Crippen LogP contribution < -0.4 is 5.32 Å². The molecular formula is C26H23N5O. The van der Waals surface area contributed by atoms with Gasteiger partial charge in [0.05, 0.1) is 23.4 Å². The van der Waals surface area contributed by atoms with Crippen molar-refractivity contribution in [3.8, 4) is 0 Å². The number of rotatable bonds is 7. The Morgan fingerprint density at radius 1 is 0.938 bits per heavy atom. The molecule has 0 fully saturated rings. The number of carbonyl (C=O) groups excluding carboxylic acids is 1. The first-order valence-electron chi connectivity index (χ1n) is 10.6. The third-order valence-electron chi connectivity index (χ3n) is 5.47. The first kappa shape index (κ1) is 19.8. The average molecular weight is 422 g/mol. The standard InChI is InChI=1S/C26H23N5O/c32-26(21-12-10-20(11-13-21)17-31-15-14-27-18-31)30-24(16-19-6-2-1-3-7-19)25-28-22-8-4-5-9-23(22)29-25/h1-15,18,24H,16-17H2,(H,28,29)(H,30,32)/t24-/m0/s1. The molecule has 0 unspecified atom stereocenters. The van der Waals surface area contributed by atoms with E-state index < -0.39 is 0 Å². The lowest BCUT2D eigenvalue weighted by atomic mass is 10.0. The number of para-hydroxylation sites is 2. The van der Waals surface area contributed by atoms with Gasteiger partial charge in [0.1, 0.15) is 5.82 Å². The first-order valence-corrected chi connectivity index (χ1v) is 10.6. The Labute approximate surface area is 186 Å². The van der Waals surface area contributed by atoms with Crippen LogP contribution in [0.5, 0.6) is 0 Å². The predicted molar refractivity (Wildman–Crippen MR) is 124 cm³/mol. The number of H-pyrrole nitrogens is 1. The van der Waals surface area contributed by atoms with Crippen LogP contribution in [0.15, 0.2) is 97.6 Å². The van der Waals surface area contributed by atoms with Crippen molar-refractivity contribution < 1.29 is 4.79 Å². The number of amides is 1. The number of aromatic amines is 1. The van der Waals surface area contributed by atoms with Gasteiger partial charge in [-0.1, -0.05) is 54.6 Å². The van der Waals surface area contributed by atoms with Gasteiger partial charge < -0.3 is 14.9 Å². The molecule has 0 saturated carbocycles. The predicted octanol–water partition coefficient (Wildman–Crippen LogP) is 4.52. The van der Waals surface area contributed by atoms with Crippen LogP contribution in [0.2, 0.25) is 0 Å². The average Bonchev–Trinajstić information content (AvgIpc) is 3.49. The van der Waals surface area contributed by atoms with Crippen LogP contribution in [-0.4, -0.2) is 25.4 Å². The number of benzene rings is 3. The van der Waals surface area contributed by atoms with Gasteiger partial charge in [-0.25, -0.2) is 9.97 Å². The third kappa shape index (κ3) is 4.44. The largest absolute Gasteiger partial charge is 0.342 e. The van der Waals surface area contributed by atoms with E-state index in [9.17, 15) is 4.79 Å². The van der Waals surface area contributed by atoms with E-state index in [-0.39, 0.29) is 11.9 Å². The van der Waals surface area contributed by atoms with Gasteiger partial charge in [0.2, 0.25) is 0 Å². The lowest BCUT2D eigenvalue weighted by Crippen LogP contribution is -2.30. The van der Waals surface area contributed by atoms with Crippen LogP contribution in [0.1, 0.15) is 33.4 Å². The van der Waals surface area contributed by atoms with Gasteiger partial charge in [-0.3, -0.25) is 4.79 Å². The molecule has 2 aromatic heterocycles. The topological polar surface area (TPSA) is 75.6 Å². The van der Waals surface area contributed by atoms with Crippen molar-refractivity contribution in [3.05, 3.63) is 120 Å². The van der Waals surface area contributed by atoms with Gasteiger partial charge in [-0.2, -0.15) is 0 Å². The van der Waals surface area contributed by atoms with Crippen LogP contribution in [0, 0.1) is 0 Å². The summed E-state index contributed by atoms with van der Waals surface area (Å²) in [6.45, 7) is 0.720. The van der Waals surface area contributed by atoms with Gasteiger partial charge >= 0.3 is 0 Å². The van der Waals surface area contributed by atoms with E-state index in [4.69, 9.17) is 4.98 Å². The van der Waals surface area contributed by atoms with Crippen molar-refractivity contribution in [2.24, 2.45) is 0 Å². The lowest BCUT2D eigenvalue weighted by molar-refractivity contribution is 0.0935. The molecule has 2 N–H and O–H groups in total. The maximum Gasteiger partial charge on any atom is 0.251 e. The third-order valence-corrected chi connectivity index (χ3v) is 5.47. The van der Waals surface area contributed by atoms with Crippen molar-refractivity contribution in [1.29, 1.82) is 0 Å². The Morgan fingerprint density at radius 2 is 1.72 bits per heavy atom. The quantitative estimate of drug-likeness (QED) is 0.406.